The van der Waals surface area contributed by atoms with Gasteiger partial charge in [0.25, 0.3) is 0 Å². The van der Waals surface area contributed by atoms with Gasteiger partial charge in [0.1, 0.15) is 0 Å². The number of nitrogens with one attached hydrogen (secondary N) is 1. The number of hydrogen-bond donors (Lipinski definition) is 2. The summed E-state index contributed by atoms with van der Waals surface area (Å²) in [6.45, 7) is 4.12. The van der Waals surface area contributed by atoms with Crippen LogP contribution in [0.1, 0.15) is 31.0 Å². The number of rotatable bonds is 5. The summed E-state index contributed by atoms with van der Waals surface area (Å²) in [5.41, 5.74) is 9.97. The predicted molar refractivity (Wildman–Crippen MR) is 80.7 cm³/mol. The number of nitrogens with zero attached hydrogens (tertiary/aromatic N) is 2. The maximum Gasteiger partial charge on any atom is 0.152 e. The molecule has 0 saturated heterocycles. The van der Waals surface area contributed by atoms with E-state index in [9.17, 15) is 0 Å². The molecule has 0 bridgehead atoms. The predicted octanol–water partition coefficient (Wildman–Crippen LogP) is 3.40. The lowest BCUT2D eigenvalue weighted by atomic mass is 10.1. The molecule has 0 unspecified atom stereocenters. The van der Waals surface area contributed by atoms with Crippen molar-refractivity contribution >= 4 is 17.2 Å². The minimum atomic E-state index is 0.706. The second kappa shape index (κ2) is 5.78. The average Bonchev–Trinajstić information content (AvgIpc) is 2.64. The molecule has 0 aliphatic rings. The molecule has 0 fully saturated rings. The Morgan fingerprint density at radius 1 is 1.26 bits per heavy atom. The average molecular weight is 258 g/mol. The molecule has 2 rings (SSSR count). The van der Waals surface area contributed by atoms with Crippen LogP contribution in [0.2, 0.25) is 0 Å². The Bertz CT molecular complexity index is 540. The van der Waals surface area contributed by atoms with E-state index in [-0.39, 0.29) is 0 Å². The van der Waals surface area contributed by atoms with E-state index in [1.165, 1.54) is 18.4 Å². The Hall–Kier alpha value is -1.97. The third-order valence-electron chi connectivity index (χ3n) is 3.30. The molecule has 0 amide bonds. The van der Waals surface area contributed by atoms with E-state index in [2.05, 4.69) is 41.6 Å². The third kappa shape index (κ3) is 3.08. The van der Waals surface area contributed by atoms with Crippen LogP contribution in [-0.2, 0) is 13.5 Å². The van der Waals surface area contributed by atoms with Crippen LogP contribution in [0.15, 0.2) is 24.3 Å². The highest BCUT2D eigenvalue weighted by molar-refractivity contribution is 5.71. The maximum atomic E-state index is 6.00. The minimum absolute atomic E-state index is 0.706. The second-order valence-corrected chi connectivity index (χ2v) is 4.90. The maximum absolute atomic E-state index is 6.00. The number of benzene rings is 1. The van der Waals surface area contributed by atoms with Crippen molar-refractivity contribution in [2.24, 2.45) is 7.05 Å². The van der Waals surface area contributed by atoms with Gasteiger partial charge in [0.05, 0.1) is 11.4 Å². The Morgan fingerprint density at radius 2 is 1.95 bits per heavy atom. The number of unbranched alkanes of at least 4 members (excludes halogenated alkanes) is 1. The molecule has 0 atom stereocenters. The SMILES string of the molecule is CCCCc1ccc(Nc2c(N)c(C)nn2C)cc1. The topological polar surface area (TPSA) is 55.9 Å². The van der Waals surface area contributed by atoms with Gasteiger partial charge in [0, 0.05) is 12.7 Å². The van der Waals surface area contributed by atoms with Gasteiger partial charge < -0.3 is 11.1 Å². The summed E-state index contributed by atoms with van der Waals surface area (Å²) in [7, 11) is 1.89. The van der Waals surface area contributed by atoms with Gasteiger partial charge in [-0.25, -0.2) is 0 Å². The summed E-state index contributed by atoms with van der Waals surface area (Å²) in [6.07, 6.45) is 3.61. The van der Waals surface area contributed by atoms with Crippen molar-refractivity contribution in [1.82, 2.24) is 9.78 Å². The summed E-state index contributed by atoms with van der Waals surface area (Å²) in [4.78, 5) is 0. The molecule has 3 N–H and O–H groups in total. The summed E-state index contributed by atoms with van der Waals surface area (Å²) in [5.74, 6) is 0.846. The second-order valence-electron chi connectivity index (χ2n) is 4.90. The van der Waals surface area contributed by atoms with Gasteiger partial charge in [0.15, 0.2) is 5.82 Å². The quantitative estimate of drug-likeness (QED) is 0.864. The van der Waals surface area contributed by atoms with Crippen LogP contribution in [0, 0.1) is 6.92 Å². The molecule has 1 aromatic carbocycles. The first-order chi connectivity index (χ1) is 9.11. The van der Waals surface area contributed by atoms with Crippen molar-refractivity contribution in [3.63, 3.8) is 0 Å². The standard InChI is InChI=1S/C15H22N4/c1-4-5-6-12-7-9-13(10-8-12)17-15-14(16)11(2)18-19(15)3/h7-10,17H,4-6,16H2,1-3H3. The van der Waals surface area contributed by atoms with Crippen LogP contribution in [-0.4, -0.2) is 9.78 Å². The monoisotopic (exact) mass is 258 g/mol. The lowest BCUT2D eigenvalue weighted by Gasteiger charge is -2.08. The smallest absolute Gasteiger partial charge is 0.152 e. The molecule has 0 spiro atoms. The van der Waals surface area contributed by atoms with Crippen molar-refractivity contribution < 1.29 is 0 Å². The zero-order valence-corrected chi connectivity index (χ0v) is 11.9. The van der Waals surface area contributed by atoms with E-state index < -0.39 is 0 Å². The summed E-state index contributed by atoms with van der Waals surface area (Å²) in [5, 5.41) is 7.61. The largest absolute Gasteiger partial charge is 0.394 e. The van der Waals surface area contributed by atoms with Crippen LogP contribution < -0.4 is 11.1 Å². The number of hydrogen-bond acceptors (Lipinski definition) is 3. The van der Waals surface area contributed by atoms with Crippen LogP contribution in [0.5, 0.6) is 0 Å². The van der Waals surface area contributed by atoms with E-state index in [0.717, 1.165) is 23.6 Å². The van der Waals surface area contributed by atoms with Crippen molar-refractivity contribution in [2.45, 2.75) is 33.1 Å². The van der Waals surface area contributed by atoms with Crippen LogP contribution in [0.25, 0.3) is 0 Å². The zero-order chi connectivity index (χ0) is 13.8. The first kappa shape index (κ1) is 13.5. The van der Waals surface area contributed by atoms with Crippen LogP contribution in [0.3, 0.4) is 0 Å². The van der Waals surface area contributed by atoms with Crippen molar-refractivity contribution in [3.05, 3.63) is 35.5 Å². The van der Waals surface area contributed by atoms with Crippen molar-refractivity contribution in [1.29, 1.82) is 0 Å². The Labute approximate surface area is 114 Å². The molecular weight excluding hydrogens is 236 g/mol. The molecule has 1 aromatic heterocycles. The molecule has 2 aromatic rings. The lowest BCUT2D eigenvalue weighted by Crippen LogP contribution is -2.01. The number of aromatic nitrogens is 2. The molecule has 0 radical (unpaired) electrons. The Kier molecular flexibility index (Phi) is 4.10. The fourth-order valence-electron chi connectivity index (χ4n) is 2.10. The van der Waals surface area contributed by atoms with Gasteiger partial charge in [-0.2, -0.15) is 5.10 Å². The van der Waals surface area contributed by atoms with E-state index >= 15 is 0 Å². The van der Waals surface area contributed by atoms with Gasteiger partial charge in [-0.15, -0.1) is 0 Å². The molecule has 0 aliphatic heterocycles. The summed E-state index contributed by atoms with van der Waals surface area (Å²) < 4.78 is 1.77. The van der Waals surface area contributed by atoms with Crippen LogP contribution >= 0.6 is 0 Å². The van der Waals surface area contributed by atoms with Gasteiger partial charge in [-0.1, -0.05) is 25.5 Å². The molecule has 0 aliphatic carbocycles. The first-order valence-corrected chi connectivity index (χ1v) is 6.77. The number of nitrogen functional groups attached to an aromatic ring is 1. The number of aryl methyl sites for hydroxylation is 3. The molecular formula is C15H22N4. The summed E-state index contributed by atoms with van der Waals surface area (Å²) in [6, 6.07) is 8.51. The molecule has 102 valence electrons. The zero-order valence-electron chi connectivity index (χ0n) is 11.9. The molecule has 4 nitrogen and oxygen atoms in total. The van der Waals surface area contributed by atoms with E-state index in [1.54, 1.807) is 4.68 Å². The summed E-state index contributed by atoms with van der Waals surface area (Å²) >= 11 is 0. The Balaban J connectivity index is 2.11. The Morgan fingerprint density at radius 3 is 2.47 bits per heavy atom. The highest BCUT2D eigenvalue weighted by Crippen LogP contribution is 2.25. The van der Waals surface area contributed by atoms with Gasteiger partial charge in [-0.05, 0) is 37.5 Å². The van der Waals surface area contributed by atoms with E-state index in [0.29, 0.717) is 5.69 Å². The van der Waals surface area contributed by atoms with E-state index in [4.69, 9.17) is 5.73 Å². The fourth-order valence-corrected chi connectivity index (χ4v) is 2.10. The highest BCUT2D eigenvalue weighted by Gasteiger charge is 2.09. The van der Waals surface area contributed by atoms with Crippen LogP contribution in [0.4, 0.5) is 17.2 Å². The van der Waals surface area contributed by atoms with Gasteiger partial charge in [-0.3, -0.25) is 4.68 Å². The molecule has 0 saturated carbocycles. The molecule has 4 heteroatoms. The van der Waals surface area contributed by atoms with Gasteiger partial charge >= 0.3 is 0 Å². The molecule has 1 heterocycles. The third-order valence-corrected chi connectivity index (χ3v) is 3.30. The first-order valence-electron chi connectivity index (χ1n) is 6.77. The van der Waals surface area contributed by atoms with Crippen molar-refractivity contribution in [3.8, 4) is 0 Å². The van der Waals surface area contributed by atoms with Gasteiger partial charge in [0.2, 0.25) is 0 Å². The number of nitrogens with two attached hydrogens (primary N) is 1. The normalized spacial score (nSPS) is 10.7. The fraction of sp³-hybridized carbons (Fsp3) is 0.400. The molecule has 19 heavy (non-hydrogen) atoms. The van der Waals surface area contributed by atoms with E-state index in [1.807, 2.05) is 14.0 Å². The highest BCUT2D eigenvalue weighted by atomic mass is 15.3. The number of anilines is 3. The minimum Gasteiger partial charge on any atom is -0.394 e. The lowest BCUT2D eigenvalue weighted by molar-refractivity contribution is 0.765. The van der Waals surface area contributed by atoms with Crippen molar-refractivity contribution in [2.75, 3.05) is 11.1 Å².